The Bertz CT molecular complexity index is 550. The molecule has 3 nitrogen and oxygen atoms in total. The summed E-state index contributed by atoms with van der Waals surface area (Å²) in [7, 11) is 0. The highest BCUT2D eigenvalue weighted by Gasteiger charge is 2.43. The third-order valence-corrected chi connectivity index (χ3v) is 5.30. The SMILES string of the molecule is CCC1(Oc2ccc3cnn(PI)c3c2)CC1. The van der Waals surface area contributed by atoms with E-state index in [1.807, 2.05) is 10.6 Å². The van der Waals surface area contributed by atoms with Crippen LogP contribution in [0.2, 0.25) is 0 Å². The van der Waals surface area contributed by atoms with Crippen molar-refractivity contribution < 1.29 is 4.74 Å². The Morgan fingerprint density at radius 3 is 3.00 bits per heavy atom. The lowest BCUT2D eigenvalue weighted by atomic mass is 10.2. The number of fused-ring (bicyclic) bond motifs is 1. The summed E-state index contributed by atoms with van der Waals surface area (Å²) in [6.45, 7) is 2.20. The minimum atomic E-state index is 0.130. The van der Waals surface area contributed by atoms with Gasteiger partial charge in [-0.2, -0.15) is 5.10 Å². The van der Waals surface area contributed by atoms with Gasteiger partial charge in [0.15, 0.2) is 0 Å². The lowest BCUT2D eigenvalue weighted by Gasteiger charge is -2.16. The van der Waals surface area contributed by atoms with Crippen molar-refractivity contribution in [2.75, 3.05) is 0 Å². The molecule has 0 N–H and O–H groups in total. The van der Waals surface area contributed by atoms with Crippen LogP contribution in [0.15, 0.2) is 24.4 Å². The minimum absolute atomic E-state index is 0.130. The zero-order valence-electron chi connectivity index (χ0n) is 9.61. The van der Waals surface area contributed by atoms with Crippen molar-refractivity contribution in [3.63, 3.8) is 0 Å². The molecule has 0 saturated heterocycles. The fourth-order valence-electron chi connectivity index (χ4n) is 2.05. The first kappa shape index (κ1) is 11.7. The zero-order chi connectivity index (χ0) is 11.9. The molecule has 1 aliphatic rings. The molecule has 1 atom stereocenters. The molecule has 17 heavy (non-hydrogen) atoms. The molecule has 1 aromatic carbocycles. The van der Waals surface area contributed by atoms with Gasteiger partial charge in [-0.1, -0.05) is 6.92 Å². The van der Waals surface area contributed by atoms with Gasteiger partial charge in [0.1, 0.15) is 11.4 Å². The minimum Gasteiger partial charge on any atom is -0.487 e. The van der Waals surface area contributed by atoms with E-state index in [0.29, 0.717) is 6.37 Å². The third kappa shape index (κ3) is 2.17. The van der Waals surface area contributed by atoms with E-state index in [2.05, 4.69) is 52.3 Å². The van der Waals surface area contributed by atoms with Crippen molar-refractivity contribution in [1.82, 2.24) is 9.55 Å². The molecule has 90 valence electrons. The van der Waals surface area contributed by atoms with Crippen LogP contribution in [-0.2, 0) is 0 Å². The Morgan fingerprint density at radius 1 is 1.53 bits per heavy atom. The van der Waals surface area contributed by atoms with Gasteiger partial charge in [-0.05, 0) is 53.4 Å². The van der Waals surface area contributed by atoms with E-state index in [1.165, 1.54) is 23.7 Å². The van der Waals surface area contributed by atoms with Crippen molar-refractivity contribution in [2.24, 2.45) is 0 Å². The van der Waals surface area contributed by atoms with E-state index in [9.17, 15) is 0 Å². The van der Waals surface area contributed by atoms with Crippen LogP contribution in [0.5, 0.6) is 5.75 Å². The van der Waals surface area contributed by atoms with E-state index in [-0.39, 0.29) is 5.60 Å². The summed E-state index contributed by atoms with van der Waals surface area (Å²) in [4.78, 5) is 0. The number of hydrogen-bond acceptors (Lipinski definition) is 2. The van der Waals surface area contributed by atoms with Gasteiger partial charge in [-0.15, -0.1) is 0 Å². The maximum atomic E-state index is 6.10. The first-order chi connectivity index (χ1) is 8.26. The van der Waals surface area contributed by atoms with Gasteiger partial charge < -0.3 is 4.74 Å². The molecule has 1 fully saturated rings. The second kappa shape index (κ2) is 4.39. The van der Waals surface area contributed by atoms with E-state index in [0.717, 1.165) is 12.2 Å². The number of rotatable bonds is 4. The smallest absolute Gasteiger partial charge is 0.122 e. The first-order valence-electron chi connectivity index (χ1n) is 5.80. The highest BCUT2D eigenvalue weighted by atomic mass is 127. The third-order valence-electron chi connectivity index (χ3n) is 3.41. The van der Waals surface area contributed by atoms with Crippen LogP contribution in [0.25, 0.3) is 10.9 Å². The summed E-state index contributed by atoms with van der Waals surface area (Å²) in [6, 6.07) is 6.26. The monoisotopic (exact) mass is 360 g/mol. The van der Waals surface area contributed by atoms with Crippen molar-refractivity contribution in [2.45, 2.75) is 31.8 Å². The predicted molar refractivity (Wildman–Crippen MR) is 80.4 cm³/mol. The van der Waals surface area contributed by atoms with E-state index >= 15 is 0 Å². The summed E-state index contributed by atoms with van der Waals surface area (Å²) in [6.07, 6.45) is 6.02. The summed E-state index contributed by atoms with van der Waals surface area (Å²) < 4.78 is 8.12. The van der Waals surface area contributed by atoms with Gasteiger partial charge in [0.2, 0.25) is 0 Å². The van der Waals surface area contributed by atoms with Gasteiger partial charge in [-0.25, -0.2) is 4.45 Å². The molecule has 1 aromatic heterocycles. The molecule has 2 aromatic rings. The summed E-state index contributed by atoms with van der Waals surface area (Å²) in [5, 5.41) is 5.54. The Labute approximate surface area is 115 Å². The van der Waals surface area contributed by atoms with E-state index < -0.39 is 0 Å². The Hall–Kier alpha value is -0.350. The van der Waals surface area contributed by atoms with Crippen molar-refractivity contribution in [1.29, 1.82) is 0 Å². The maximum Gasteiger partial charge on any atom is 0.122 e. The van der Waals surface area contributed by atoms with Gasteiger partial charge in [-0.3, -0.25) is 0 Å². The standard InChI is InChI=1S/C12H14IN2OP/c1-2-12(5-6-12)16-10-4-3-9-8-14-15(17-13)11(9)7-10/h3-4,7-8,17H,2,5-6H2,1H3. The van der Waals surface area contributed by atoms with Gasteiger partial charge in [0.05, 0.1) is 18.1 Å². The molecular formula is C12H14IN2OP. The molecular weight excluding hydrogens is 346 g/mol. The number of halogens is 1. The first-order valence-corrected chi connectivity index (χ1v) is 9.86. The lowest BCUT2D eigenvalue weighted by molar-refractivity contribution is 0.174. The molecule has 3 rings (SSSR count). The van der Waals surface area contributed by atoms with Crippen LogP contribution in [0, 0.1) is 0 Å². The Kier molecular flexibility index (Phi) is 3.03. The highest BCUT2D eigenvalue weighted by Crippen LogP contribution is 2.43. The number of hydrogen-bond donors (Lipinski definition) is 0. The molecule has 1 saturated carbocycles. The maximum absolute atomic E-state index is 6.10. The molecule has 0 radical (unpaired) electrons. The quantitative estimate of drug-likeness (QED) is 0.605. The van der Waals surface area contributed by atoms with Crippen LogP contribution in [0.1, 0.15) is 26.2 Å². The van der Waals surface area contributed by atoms with Crippen LogP contribution >= 0.6 is 28.4 Å². The summed E-state index contributed by atoms with van der Waals surface area (Å²) in [5.41, 5.74) is 1.30. The second-order valence-corrected chi connectivity index (χ2v) is 6.54. The van der Waals surface area contributed by atoms with Crippen molar-refractivity contribution >= 4 is 39.3 Å². The second-order valence-electron chi connectivity index (χ2n) is 4.50. The van der Waals surface area contributed by atoms with Gasteiger partial charge in [0.25, 0.3) is 0 Å². The van der Waals surface area contributed by atoms with Gasteiger partial charge in [0, 0.05) is 11.5 Å². The van der Waals surface area contributed by atoms with Crippen molar-refractivity contribution in [3.05, 3.63) is 24.4 Å². The van der Waals surface area contributed by atoms with Crippen LogP contribution in [0.3, 0.4) is 0 Å². The zero-order valence-corrected chi connectivity index (χ0v) is 12.8. The Balaban J connectivity index is 1.95. The largest absolute Gasteiger partial charge is 0.487 e. The average molecular weight is 360 g/mol. The number of ether oxygens (including phenoxy) is 1. The molecule has 1 heterocycles. The average Bonchev–Trinajstić information content (AvgIpc) is 3.01. The fourth-order valence-corrected chi connectivity index (χ4v) is 3.59. The van der Waals surface area contributed by atoms with E-state index in [4.69, 9.17) is 4.74 Å². The number of nitrogens with zero attached hydrogens (tertiary/aromatic N) is 2. The van der Waals surface area contributed by atoms with Gasteiger partial charge >= 0.3 is 0 Å². The normalized spacial score (nSPS) is 18.0. The number of benzene rings is 1. The summed E-state index contributed by atoms with van der Waals surface area (Å²) in [5.74, 6) is 0.980. The fraction of sp³-hybridized carbons (Fsp3) is 0.417. The van der Waals surface area contributed by atoms with E-state index in [1.54, 1.807) is 0 Å². The topological polar surface area (TPSA) is 27.1 Å². The Morgan fingerprint density at radius 2 is 2.35 bits per heavy atom. The van der Waals surface area contributed by atoms with Crippen LogP contribution in [0.4, 0.5) is 0 Å². The molecule has 0 aliphatic heterocycles. The molecule has 0 bridgehead atoms. The number of aromatic nitrogens is 2. The summed E-state index contributed by atoms with van der Waals surface area (Å²) >= 11 is 2.35. The highest BCUT2D eigenvalue weighted by molar-refractivity contribution is 14.2. The molecule has 1 unspecified atom stereocenters. The molecule has 5 heteroatoms. The van der Waals surface area contributed by atoms with Crippen LogP contribution < -0.4 is 4.74 Å². The predicted octanol–water partition coefficient (Wildman–Crippen LogP) is 4.15. The molecule has 0 spiro atoms. The van der Waals surface area contributed by atoms with Crippen molar-refractivity contribution in [3.8, 4) is 5.75 Å². The molecule has 1 aliphatic carbocycles. The molecule has 0 amide bonds. The lowest BCUT2D eigenvalue weighted by Crippen LogP contribution is -2.16. The van der Waals surface area contributed by atoms with Crippen LogP contribution in [-0.4, -0.2) is 15.2 Å².